The molecule has 128 valence electrons. The van der Waals surface area contributed by atoms with Crippen LogP contribution < -0.4 is 5.32 Å². The molecule has 0 aromatic heterocycles. The van der Waals surface area contributed by atoms with Crippen molar-refractivity contribution in [3.8, 4) is 0 Å². The highest BCUT2D eigenvalue weighted by Gasteiger charge is 2.34. The number of imide groups is 1. The largest absolute Gasteiger partial charge is 0.367 e. The molecule has 0 atom stereocenters. The summed E-state index contributed by atoms with van der Waals surface area (Å²) < 4.78 is 13.0. The van der Waals surface area contributed by atoms with Crippen LogP contribution in [-0.4, -0.2) is 22.7 Å². The van der Waals surface area contributed by atoms with Crippen molar-refractivity contribution >= 4 is 34.7 Å². The van der Waals surface area contributed by atoms with Gasteiger partial charge >= 0.3 is 0 Å². The molecule has 1 fully saturated rings. The Balaban J connectivity index is 1.70. The van der Waals surface area contributed by atoms with Gasteiger partial charge in [-0.1, -0.05) is 18.2 Å². The second kappa shape index (κ2) is 7.11. The molecule has 0 bridgehead atoms. The quantitative estimate of drug-likeness (QED) is 0.817. The van der Waals surface area contributed by atoms with Crippen LogP contribution in [0.3, 0.4) is 0 Å². The molecule has 2 aromatic rings. The van der Waals surface area contributed by atoms with Crippen LogP contribution in [-0.2, 0) is 4.79 Å². The number of benzene rings is 2. The highest BCUT2D eigenvalue weighted by atomic mass is 32.2. The Morgan fingerprint density at radius 1 is 1.08 bits per heavy atom. The van der Waals surface area contributed by atoms with Gasteiger partial charge in [0.2, 0.25) is 0 Å². The van der Waals surface area contributed by atoms with Gasteiger partial charge in [0, 0.05) is 5.69 Å². The third-order valence-corrected chi connectivity index (χ3v) is 4.90. The van der Waals surface area contributed by atoms with Gasteiger partial charge in [0.15, 0.2) is 0 Å². The van der Waals surface area contributed by atoms with Crippen molar-refractivity contribution in [2.75, 3.05) is 12.0 Å². The number of hydrogen-bond donors (Lipinski definition) is 1. The van der Waals surface area contributed by atoms with E-state index in [2.05, 4.69) is 5.32 Å². The van der Waals surface area contributed by atoms with Crippen molar-refractivity contribution < 1.29 is 14.0 Å². The number of carbonyl (C=O) groups is 2. The number of aryl methyl sites for hydroxylation is 2. The first kappa shape index (κ1) is 17.2. The molecule has 6 heteroatoms. The lowest BCUT2D eigenvalue weighted by atomic mass is 10.1. The summed E-state index contributed by atoms with van der Waals surface area (Å²) in [6.07, 6.45) is 1.60. The number of carbonyl (C=O) groups excluding carboxylic acids is 2. The molecule has 0 unspecified atom stereocenters. The van der Waals surface area contributed by atoms with E-state index in [1.54, 1.807) is 18.2 Å². The molecule has 0 aliphatic carbocycles. The lowest BCUT2D eigenvalue weighted by Crippen LogP contribution is -2.33. The van der Waals surface area contributed by atoms with E-state index in [9.17, 15) is 14.0 Å². The lowest BCUT2D eigenvalue weighted by Gasteiger charge is -2.15. The van der Waals surface area contributed by atoms with E-state index in [0.717, 1.165) is 27.9 Å². The lowest BCUT2D eigenvalue weighted by molar-refractivity contribution is -0.122. The molecule has 1 heterocycles. The van der Waals surface area contributed by atoms with Crippen LogP contribution in [0.5, 0.6) is 0 Å². The van der Waals surface area contributed by atoms with Crippen molar-refractivity contribution in [3.63, 3.8) is 0 Å². The maximum Gasteiger partial charge on any atom is 0.295 e. The molecule has 0 saturated carbocycles. The van der Waals surface area contributed by atoms with Crippen LogP contribution in [0, 0.1) is 19.7 Å². The number of amides is 2. The molecular weight excluding hydrogens is 339 g/mol. The number of halogens is 1. The number of rotatable bonds is 4. The maximum atomic E-state index is 13.0. The highest BCUT2D eigenvalue weighted by Crippen LogP contribution is 2.32. The average molecular weight is 356 g/mol. The zero-order valence-electron chi connectivity index (χ0n) is 13.9. The molecule has 1 saturated heterocycles. The molecule has 1 aliphatic heterocycles. The van der Waals surface area contributed by atoms with Crippen LogP contribution in [0.4, 0.5) is 14.9 Å². The smallest absolute Gasteiger partial charge is 0.295 e. The van der Waals surface area contributed by atoms with E-state index in [-0.39, 0.29) is 23.6 Å². The zero-order chi connectivity index (χ0) is 18.0. The first-order valence-electron chi connectivity index (χ1n) is 7.76. The molecular formula is C19H17FN2O2S. The summed E-state index contributed by atoms with van der Waals surface area (Å²) in [7, 11) is 0. The first-order chi connectivity index (χ1) is 11.9. The van der Waals surface area contributed by atoms with Gasteiger partial charge in [-0.3, -0.25) is 14.5 Å². The Kier molecular flexibility index (Phi) is 4.90. The Morgan fingerprint density at radius 3 is 2.48 bits per heavy atom. The second-order valence-electron chi connectivity index (χ2n) is 5.80. The molecule has 0 radical (unpaired) electrons. The van der Waals surface area contributed by atoms with Gasteiger partial charge < -0.3 is 5.32 Å². The van der Waals surface area contributed by atoms with Crippen LogP contribution >= 0.6 is 11.8 Å². The van der Waals surface area contributed by atoms with Crippen LogP contribution in [0.25, 0.3) is 6.08 Å². The fourth-order valence-electron chi connectivity index (χ4n) is 2.37. The maximum absolute atomic E-state index is 13.0. The molecule has 2 aromatic carbocycles. The van der Waals surface area contributed by atoms with Crippen molar-refractivity contribution in [1.29, 1.82) is 0 Å². The van der Waals surface area contributed by atoms with Crippen molar-refractivity contribution in [3.05, 3.63) is 69.9 Å². The molecule has 1 aliphatic rings. The fourth-order valence-corrected chi connectivity index (χ4v) is 3.21. The molecule has 0 spiro atoms. The van der Waals surface area contributed by atoms with Gasteiger partial charge in [0.25, 0.3) is 11.1 Å². The van der Waals surface area contributed by atoms with E-state index in [0.29, 0.717) is 10.5 Å². The minimum atomic E-state index is -0.351. The number of nitrogens with zero attached hydrogens (tertiary/aromatic N) is 1. The van der Waals surface area contributed by atoms with E-state index >= 15 is 0 Å². The average Bonchev–Trinajstić information content (AvgIpc) is 2.84. The summed E-state index contributed by atoms with van der Waals surface area (Å²) in [6.45, 7) is 4.13. The van der Waals surface area contributed by atoms with Gasteiger partial charge in [-0.15, -0.1) is 0 Å². The van der Waals surface area contributed by atoms with Crippen LogP contribution in [0.2, 0.25) is 0 Å². The standard InChI is InChI=1S/C19H17FN2O2S/c1-12-3-8-16(9-13(12)2)21-11-22-18(23)17(25-19(22)24)10-14-4-6-15(20)7-5-14/h3-10,21H,11H2,1-2H3/b17-10+. The normalized spacial score (nSPS) is 16.0. The minimum absolute atomic E-state index is 0.105. The Bertz CT molecular complexity index is 862. The van der Waals surface area contributed by atoms with Crippen molar-refractivity contribution in [2.45, 2.75) is 13.8 Å². The highest BCUT2D eigenvalue weighted by molar-refractivity contribution is 8.18. The first-order valence-corrected chi connectivity index (χ1v) is 8.58. The topological polar surface area (TPSA) is 49.4 Å². The predicted octanol–water partition coefficient (Wildman–Crippen LogP) is 4.55. The number of hydrogen-bond acceptors (Lipinski definition) is 4. The Morgan fingerprint density at radius 2 is 1.80 bits per heavy atom. The summed E-state index contributed by atoms with van der Waals surface area (Å²) in [5, 5.41) is 2.78. The summed E-state index contributed by atoms with van der Waals surface area (Å²) in [6, 6.07) is 11.6. The van der Waals surface area contributed by atoms with Crippen LogP contribution in [0.15, 0.2) is 47.4 Å². The number of nitrogens with one attached hydrogen (secondary N) is 1. The van der Waals surface area contributed by atoms with Gasteiger partial charge in [-0.2, -0.15) is 0 Å². The monoisotopic (exact) mass is 356 g/mol. The number of anilines is 1. The molecule has 1 N–H and O–H groups in total. The SMILES string of the molecule is Cc1ccc(NCN2C(=O)S/C(=C/c3ccc(F)cc3)C2=O)cc1C. The van der Waals surface area contributed by atoms with Gasteiger partial charge in [-0.25, -0.2) is 4.39 Å². The zero-order valence-corrected chi connectivity index (χ0v) is 14.7. The summed E-state index contributed by atoms with van der Waals surface area (Å²) in [5.74, 6) is -0.696. The van der Waals surface area contributed by atoms with E-state index in [4.69, 9.17) is 0 Å². The van der Waals surface area contributed by atoms with E-state index < -0.39 is 0 Å². The molecule has 2 amide bonds. The van der Waals surface area contributed by atoms with Gasteiger partial charge in [-0.05, 0) is 72.6 Å². The summed E-state index contributed by atoms with van der Waals surface area (Å²) >= 11 is 0.886. The van der Waals surface area contributed by atoms with Gasteiger partial charge in [0.05, 0.1) is 11.6 Å². The fraction of sp³-hybridized carbons (Fsp3) is 0.158. The molecule has 4 nitrogen and oxygen atoms in total. The van der Waals surface area contributed by atoms with Crippen LogP contribution in [0.1, 0.15) is 16.7 Å². The molecule has 25 heavy (non-hydrogen) atoms. The summed E-state index contributed by atoms with van der Waals surface area (Å²) in [5.41, 5.74) is 3.84. The van der Waals surface area contributed by atoms with Crippen molar-refractivity contribution in [1.82, 2.24) is 4.90 Å². The number of thioether (sulfide) groups is 1. The van der Waals surface area contributed by atoms with Gasteiger partial charge in [0.1, 0.15) is 5.82 Å². The third-order valence-electron chi connectivity index (χ3n) is 3.99. The van der Waals surface area contributed by atoms with E-state index in [1.807, 2.05) is 32.0 Å². The Hall–Kier alpha value is -2.60. The third kappa shape index (κ3) is 3.91. The molecule has 3 rings (SSSR count). The van der Waals surface area contributed by atoms with Crippen molar-refractivity contribution in [2.24, 2.45) is 0 Å². The minimum Gasteiger partial charge on any atom is -0.367 e. The predicted molar refractivity (Wildman–Crippen MR) is 98.6 cm³/mol. The Labute approximate surface area is 149 Å². The van der Waals surface area contributed by atoms with E-state index in [1.165, 1.54) is 17.7 Å². The second-order valence-corrected chi connectivity index (χ2v) is 6.79. The summed E-state index contributed by atoms with van der Waals surface area (Å²) in [4.78, 5) is 26.0.